The second-order valence-corrected chi connectivity index (χ2v) is 4.25. The quantitative estimate of drug-likeness (QED) is 0.854. The van der Waals surface area contributed by atoms with Crippen molar-refractivity contribution in [1.82, 2.24) is 5.32 Å². The molecule has 0 heterocycles. The van der Waals surface area contributed by atoms with E-state index < -0.39 is 17.8 Å². The number of hydrogen-bond donors (Lipinski definition) is 2. The predicted molar refractivity (Wildman–Crippen MR) is 57.9 cm³/mol. The van der Waals surface area contributed by atoms with Gasteiger partial charge in [-0.05, 0) is 25.0 Å². The second-order valence-electron chi connectivity index (χ2n) is 3.85. The molecule has 0 aromatic heterocycles. The molecule has 1 aliphatic rings. The molecule has 16 heavy (non-hydrogen) atoms. The highest BCUT2D eigenvalue weighted by Crippen LogP contribution is 2.30. The Kier molecular flexibility index (Phi) is 3.12. The van der Waals surface area contributed by atoms with Crippen LogP contribution in [0.3, 0.4) is 0 Å². The van der Waals surface area contributed by atoms with E-state index in [1.54, 1.807) is 0 Å². The number of carboxylic acids is 1. The molecular formula is C11H11ClFNO2. The van der Waals surface area contributed by atoms with Crippen LogP contribution in [0, 0.1) is 5.82 Å². The number of carboxylic acid groups (broad SMARTS) is 1. The highest BCUT2D eigenvalue weighted by atomic mass is 35.5. The maximum atomic E-state index is 13.5. The van der Waals surface area contributed by atoms with Crippen molar-refractivity contribution in [3.63, 3.8) is 0 Å². The lowest BCUT2D eigenvalue weighted by Gasteiger charge is -2.16. The lowest BCUT2D eigenvalue weighted by Crippen LogP contribution is -2.31. The molecule has 2 rings (SSSR count). The van der Waals surface area contributed by atoms with Crippen LogP contribution in [-0.2, 0) is 4.79 Å². The Morgan fingerprint density at radius 3 is 2.75 bits per heavy atom. The summed E-state index contributed by atoms with van der Waals surface area (Å²) in [4.78, 5) is 11.1. The van der Waals surface area contributed by atoms with Gasteiger partial charge >= 0.3 is 5.97 Å². The standard InChI is InChI=1S/C11H11ClFNO2/c12-7-2-1-3-8(13)9(7)10(11(15)16)14-6-4-5-6/h1-3,6,10,14H,4-5H2,(H,15,16). The molecule has 0 radical (unpaired) electrons. The molecule has 5 heteroatoms. The lowest BCUT2D eigenvalue weighted by atomic mass is 10.1. The summed E-state index contributed by atoms with van der Waals surface area (Å²) in [6.45, 7) is 0. The topological polar surface area (TPSA) is 49.3 Å². The first kappa shape index (κ1) is 11.4. The number of nitrogens with one attached hydrogen (secondary N) is 1. The van der Waals surface area contributed by atoms with Crippen LogP contribution in [-0.4, -0.2) is 17.1 Å². The first-order valence-corrected chi connectivity index (χ1v) is 5.40. The van der Waals surface area contributed by atoms with E-state index in [9.17, 15) is 9.18 Å². The fourth-order valence-electron chi connectivity index (χ4n) is 1.55. The molecule has 0 spiro atoms. The Labute approximate surface area is 97.2 Å². The number of aliphatic carboxylic acids is 1. The zero-order valence-electron chi connectivity index (χ0n) is 8.41. The Morgan fingerprint density at radius 1 is 1.56 bits per heavy atom. The molecule has 1 aliphatic carbocycles. The van der Waals surface area contributed by atoms with Gasteiger partial charge in [-0.25, -0.2) is 4.39 Å². The van der Waals surface area contributed by atoms with Gasteiger partial charge in [0, 0.05) is 16.6 Å². The summed E-state index contributed by atoms with van der Waals surface area (Å²) in [5, 5.41) is 12.1. The molecule has 1 aromatic carbocycles. The highest BCUT2D eigenvalue weighted by molar-refractivity contribution is 6.31. The van der Waals surface area contributed by atoms with E-state index in [1.807, 2.05) is 0 Å². The molecule has 86 valence electrons. The summed E-state index contributed by atoms with van der Waals surface area (Å²) in [5.74, 6) is -1.70. The van der Waals surface area contributed by atoms with Gasteiger partial charge < -0.3 is 5.11 Å². The van der Waals surface area contributed by atoms with Crippen LogP contribution in [0.15, 0.2) is 18.2 Å². The lowest BCUT2D eigenvalue weighted by molar-refractivity contribution is -0.139. The SMILES string of the molecule is O=C(O)C(NC1CC1)c1c(F)cccc1Cl. The van der Waals surface area contributed by atoms with Gasteiger partial charge in [0.2, 0.25) is 0 Å². The first-order chi connectivity index (χ1) is 7.59. The van der Waals surface area contributed by atoms with E-state index in [0.717, 1.165) is 12.8 Å². The number of hydrogen-bond acceptors (Lipinski definition) is 2. The molecule has 1 fully saturated rings. The Bertz CT molecular complexity index is 400. The van der Waals surface area contributed by atoms with Crippen molar-refractivity contribution in [1.29, 1.82) is 0 Å². The third kappa shape index (κ3) is 2.33. The maximum Gasteiger partial charge on any atom is 0.325 e. The van der Waals surface area contributed by atoms with Crippen molar-refractivity contribution in [2.24, 2.45) is 0 Å². The maximum absolute atomic E-state index is 13.5. The minimum Gasteiger partial charge on any atom is -0.480 e. The van der Waals surface area contributed by atoms with Gasteiger partial charge in [-0.2, -0.15) is 0 Å². The fraction of sp³-hybridized carbons (Fsp3) is 0.364. The van der Waals surface area contributed by atoms with E-state index in [0.29, 0.717) is 0 Å². The summed E-state index contributed by atoms with van der Waals surface area (Å²) in [7, 11) is 0. The summed E-state index contributed by atoms with van der Waals surface area (Å²) < 4.78 is 13.5. The van der Waals surface area contributed by atoms with Crippen molar-refractivity contribution >= 4 is 17.6 Å². The van der Waals surface area contributed by atoms with Crippen LogP contribution in [0.1, 0.15) is 24.4 Å². The average molecular weight is 244 g/mol. The molecule has 1 unspecified atom stereocenters. The largest absolute Gasteiger partial charge is 0.480 e. The molecule has 0 amide bonds. The predicted octanol–water partition coefficient (Wildman–Crippen LogP) is 2.36. The first-order valence-electron chi connectivity index (χ1n) is 5.02. The average Bonchev–Trinajstić information content (AvgIpc) is 2.99. The van der Waals surface area contributed by atoms with E-state index in [4.69, 9.17) is 16.7 Å². The molecule has 1 atom stereocenters. The molecule has 0 saturated heterocycles. The monoisotopic (exact) mass is 243 g/mol. The van der Waals surface area contributed by atoms with E-state index in [2.05, 4.69) is 5.32 Å². The van der Waals surface area contributed by atoms with E-state index in [1.165, 1.54) is 18.2 Å². The summed E-state index contributed by atoms with van der Waals surface area (Å²) in [5.41, 5.74) is 0.0172. The van der Waals surface area contributed by atoms with Crippen LogP contribution in [0.5, 0.6) is 0 Å². The Morgan fingerprint density at radius 2 is 2.25 bits per heavy atom. The normalized spacial score (nSPS) is 17.1. The summed E-state index contributed by atoms with van der Waals surface area (Å²) in [6.07, 6.45) is 1.85. The molecule has 1 aromatic rings. The zero-order chi connectivity index (χ0) is 11.7. The Balaban J connectivity index is 2.33. The van der Waals surface area contributed by atoms with Gasteiger partial charge in [0.25, 0.3) is 0 Å². The highest BCUT2D eigenvalue weighted by Gasteiger charge is 2.32. The third-order valence-corrected chi connectivity index (χ3v) is 2.84. The van der Waals surface area contributed by atoms with Crippen LogP contribution in [0.4, 0.5) is 4.39 Å². The third-order valence-electron chi connectivity index (χ3n) is 2.52. The minimum absolute atomic E-state index is 0.0172. The van der Waals surface area contributed by atoms with Crippen LogP contribution < -0.4 is 5.32 Å². The van der Waals surface area contributed by atoms with Crippen molar-refractivity contribution in [2.75, 3.05) is 0 Å². The smallest absolute Gasteiger partial charge is 0.325 e. The molecule has 3 nitrogen and oxygen atoms in total. The van der Waals surface area contributed by atoms with Gasteiger partial charge in [-0.15, -0.1) is 0 Å². The Hall–Kier alpha value is -1.13. The van der Waals surface area contributed by atoms with Crippen molar-refractivity contribution < 1.29 is 14.3 Å². The van der Waals surface area contributed by atoms with Crippen LogP contribution in [0.25, 0.3) is 0 Å². The molecular weight excluding hydrogens is 233 g/mol. The van der Waals surface area contributed by atoms with Crippen molar-refractivity contribution in [3.8, 4) is 0 Å². The zero-order valence-corrected chi connectivity index (χ0v) is 9.17. The van der Waals surface area contributed by atoms with Crippen LogP contribution >= 0.6 is 11.6 Å². The molecule has 1 saturated carbocycles. The van der Waals surface area contributed by atoms with E-state index in [-0.39, 0.29) is 16.6 Å². The number of benzene rings is 1. The number of halogens is 2. The summed E-state index contributed by atoms with van der Waals surface area (Å²) in [6, 6.07) is 3.26. The van der Waals surface area contributed by atoms with Crippen molar-refractivity contribution in [2.45, 2.75) is 24.9 Å². The summed E-state index contributed by atoms with van der Waals surface area (Å²) >= 11 is 5.83. The second kappa shape index (κ2) is 4.39. The van der Waals surface area contributed by atoms with E-state index >= 15 is 0 Å². The molecule has 2 N–H and O–H groups in total. The molecule has 0 aliphatic heterocycles. The van der Waals surface area contributed by atoms with Crippen molar-refractivity contribution in [3.05, 3.63) is 34.6 Å². The molecule has 0 bridgehead atoms. The van der Waals surface area contributed by atoms with Gasteiger partial charge in [-0.3, -0.25) is 10.1 Å². The van der Waals surface area contributed by atoms with Gasteiger partial charge in [-0.1, -0.05) is 17.7 Å². The fourth-order valence-corrected chi connectivity index (χ4v) is 1.82. The van der Waals surface area contributed by atoms with Crippen LogP contribution in [0.2, 0.25) is 5.02 Å². The minimum atomic E-state index is -1.11. The van der Waals surface area contributed by atoms with Gasteiger partial charge in [0.15, 0.2) is 0 Å². The van der Waals surface area contributed by atoms with Gasteiger partial charge in [0.1, 0.15) is 11.9 Å². The van der Waals surface area contributed by atoms with Gasteiger partial charge in [0.05, 0.1) is 0 Å². The number of carbonyl (C=O) groups is 1. The number of rotatable bonds is 4.